The van der Waals surface area contributed by atoms with E-state index in [-0.39, 0.29) is 0 Å². The number of rotatable bonds is 2. The Morgan fingerprint density at radius 1 is 1.11 bits per heavy atom. The molecule has 1 aliphatic heterocycles. The van der Waals surface area contributed by atoms with E-state index in [1.165, 1.54) is 44.9 Å². The Morgan fingerprint density at radius 3 is 2.63 bits per heavy atom. The van der Waals surface area contributed by atoms with Gasteiger partial charge in [-0.2, -0.15) is 0 Å². The Labute approximate surface area is 117 Å². The fourth-order valence-corrected chi connectivity index (χ4v) is 4.84. The Hall–Kier alpha value is -0.530. The number of hydrogen-bond acceptors (Lipinski definition) is 1. The van der Waals surface area contributed by atoms with Gasteiger partial charge < -0.3 is 4.90 Å². The first-order chi connectivity index (χ1) is 9.13. The molecule has 0 aromatic rings. The maximum absolute atomic E-state index is 12.7. The standard InChI is InChI=1S/C17H29NO/c1-12-4-3-5-13(2)18(11-12)17(19)10-16-9-14-6-7-15(16)8-14/h12-16H,3-11H2,1-2H3/t12-,13-,14+,15+,16+/m1/s1. The van der Waals surface area contributed by atoms with Crippen LogP contribution in [0.2, 0.25) is 0 Å². The zero-order valence-electron chi connectivity index (χ0n) is 12.6. The van der Waals surface area contributed by atoms with Gasteiger partial charge in [-0.3, -0.25) is 4.79 Å². The fourth-order valence-electron chi connectivity index (χ4n) is 4.84. The van der Waals surface area contributed by atoms with Gasteiger partial charge >= 0.3 is 0 Å². The molecular formula is C17H29NO. The van der Waals surface area contributed by atoms with E-state index in [1.807, 2.05) is 0 Å². The van der Waals surface area contributed by atoms with Crippen LogP contribution in [0.1, 0.15) is 65.2 Å². The van der Waals surface area contributed by atoms with Gasteiger partial charge in [-0.25, -0.2) is 0 Å². The highest BCUT2D eigenvalue weighted by Crippen LogP contribution is 2.49. The second-order valence-corrected chi connectivity index (χ2v) is 7.57. The van der Waals surface area contributed by atoms with Crippen molar-refractivity contribution in [2.75, 3.05) is 6.54 Å². The number of hydrogen-bond donors (Lipinski definition) is 0. The average Bonchev–Trinajstić information content (AvgIpc) is 2.93. The van der Waals surface area contributed by atoms with Gasteiger partial charge in [-0.05, 0) is 62.7 Å². The first-order valence-electron chi connectivity index (χ1n) is 8.43. The normalized spacial score (nSPS) is 42.4. The summed E-state index contributed by atoms with van der Waals surface area (Å²) in [5, 5.41) is 0. The Kier molecular flexibility index (Phi) is 3.86. The molecule has 0 N–H and O–H groups in total. The molecule has 5 atom stereocenters. The summed E-state index contributed by atoms with van der Waals surface area (Å²) in [6.07, 6.45) is 10.2. The van der Waals surface area contributed by atoms with E-state index in [4.69, 9.17) is 0 Å². The van der Waals surface area contributed by atoms with Gasteiger partial charge in [0.25, 0.3) is 0 Å². The summed E-state index contributed by atoms with van der Waals surface area (Å²) >= 11 is 0. The van der Waals surface area contributed by atoms with Crippen LogP contribution in [0.25, 0.3) is 0 Å². The van der Waals surface area contributed by atoms with Crippen LogP contribution in [0.4, 0.5) is 0 Å². The highest BCUT2D eigenvalue weighted by Gasteiger charge is 2.41. The number of fused-ring (bicyclic) bond motifs is 2. The van der Waals surface area contributed by atoms with Crippen LogP contribution in [-0.4, -0.2) is 23.4 Å². The molecule has 3 aliphatic rings. The Balaban J connectivity index is 1.59. The molecule has 1 saturated heterocycles. The smallest absolute Gasteiger partial charge is 0.223 e. The van der Waals surface area contributed by atoms with E-state index in [1.54, 1.807) is 0 Å². The second-order valence-electron chi connectivity index (χ2n) is 7.57. The Morgan fingerprint density at radius 2 is 1.95 bits per heavy atom. The summed E-state index contributed by atoms with van der Waals surface area (Å²) in [4.78, 5) is 14.9. The molecule has 2 bridgehead atoms. The number of nitrogens with zero attached hydrogens (tertiary/aromatic N) is 1. The molecule has 3 fully saturated rings. The summed E-state index contributed by atoms with van der Waals surface area (Å²) < 4.78 is 0. The molecule has 0 aromatic heterocycles. The van der Waals surface area contributed by atoms with Crippen LogP contribution in [0, 0.1) is 23.7 Å². The van der Waals surface area contributed by atoms with E-state index in [0.29, 0.717) is 17.9 Å². The molecule has 2 heteroatoms. The summed E-state index contributed by atoms with van der Waals surface area (Å²) in [5.74, 6) is 3.71. The first-order valence-corrected chi connectivity index (χ1v) is 8.43. The third kappa shape index (κ3) is 2.83. The lowest BCUT2D eigenvalue weighted by molar-refractivity contribution is -0.135. The molecule has 2 saturated carbocycles. The molecule has 0 radical (unpaired) electrons. The SMILES string of the molecule is C[C@@H]1CCC[C@@H](C)N(C(=O)C[C@@H]2C[C@H]3CC[C@H]2C3)C1. The van der Waals surface area contributed by atoms with Crippen molar-refractivity contribution in [3.8, 4) is 0 Å². The lowest BCUT2D eigenvalue weighted by Gasteiger charge is -2.31. The molecule has 108 valence electrons. The summed E-state index contributed by atoms with van der Waals surface area (Å²) in [6.45, 7) is 5.55. The molecular weight excluding hydrogens is 234 g/mol. The molecule has 2 nitrogen and oxygen atoms in total. The first kappa shape index (κ1) is 13.5. The molecule has 19 heavy (non-hydrogen) atoms. The van der Waals surface area contributed by atoms with E-state index in [9.17, 15) is 4.79 Å². The minimum absolute atomic E-state index is 0.457. The van der Waals surface area contributed by atoms with Gasteiger partial charge in [0.2, 0.25) is 5.91 Å². The number of carbonyl (C=O) groups excluding carboxylic acids is 1. The third-order valence-corrected chi connectivity index (χ3v) is 6.00. The van der Waals surface area contributed by atoms with Crippen LogP contribution in [0.3, 0.4) is 0 Å². The van der Waals surface area contributed by atoms with Gasteiger partial charge in [-0.1, -0.05) is 19.8 Å². The second kappa shape index (κ2) is 5.46. The number of carbonyl (C=O) groups is 1. The lowest BCUT2D eigenvalue weighted by atomic mass is 9.86. The quantitative estimate of drug-likeness (QED) is 0.741. The molecule has 0 unspecified atom stereocenters. The van der Waals surface area contributed by atoms with Crippen LogP contribution >= 0.6 is 0 Å². The van der Waals surface area contributed by atoms with Gasteiger partial charge in [0.15, 0.2) is 0 Å². The molecule has 3 rings (SSSR count). The van der Waals surface area contributed by atoms with Crippen molar-refractivity contribution in [1.82, 2.24) is 4.90 Å². The van der Waals surface area contributed by atoms with Crippen molar-refractivity contribution >= 4 is 5.91 Å². The molecule has 1 amide bonds. The van der Waals surface area contributed by atoms with Crippen molar-refractivity contribution in [1.29, 1.82) is 0 Å². The minimum Gasteiger partial charge on any atom is -0.340 e. The molecule has 1 heterocycles. The average molecular weight is 263 g/mol. The molecule has 0 spiro atoms. The maximum Gasteiger partial charge on any atom is 0.223 e. The minimum atomic E-state index is 0.457. The summed E-state index contributed by atoms with van der Waals surface area (Å²) in [6, 6.07) is 0.469. The van der Waals surface area contributed by atoms with Crippen molar-refractivity contribution in [3.05, 3.63) is 0 Å². The van der Waals surface area contributed by atoms with Gasteiger partial charge in [0.1, 0.15) is 0 Å². The molecule has 0 aromatic carbocycles. The predicted molar refractivity (Wildman–Crippen MR) is 77.7 cm³/mol. The van der Waals surface area contributed by atoms with E-state index in [2.05, 4.69) is 18.7 Å². The van der Waals surface area contributed by atoms with Crippen LogP contribution in [0.15, 0.2) is 0 Å². The number of likely N-dealkylation sites (tertiary alicyclic amines) is 1. The highest BCUT2D eigenvalue weighted by molar-refractivity contribution is 5.77. The topological polar surface area (TPSA) is 20.3 Å². The van der Waals surface area contributed by atoms with Crippen molar-refractivity contribution in [2.45, 2.75) is 71.3 Å². The lowest BCUT2D eigenvalue weighted by Crippen LogP contribution is -2.41. The number of amides is 1. The highest BCUT2D eigenvalue weighted by atomic mass is 16.2. The van der Waals surface area contributed by atoms with Crippen molar-refractivity contribution in [2.24, 2.45) is 23.7 Å². The zero-order chi connectivity index (χ0) is 13.4. The fraction of sp³-hybridized carbons (Fsp3) is 0.941. The van der Waals surface area contributed by atoms with Gasteiger partial charge in [0.05, 0.1) is 0 Å². The summed E-state index contributed by atoms with van der Waals surface area (Å²) in [5.41, 5.74) is 0. The van der Waals surface area contributed by atoms with Crippen LogP contribution < -0.4 is 0 Å². The van der Waals surface area contributed by atoms with Crippen LogP contribution in [-0.2, 0) is 4.79 Å². The zero-order valence-corrected chi connectivity index (χ0v) is 12.6. The third-order valence-electron chi connectivity index (χ3n) is 6.00. The predicted octanol–water partition coefficient (Wildman–Crippen LogP) is 3.85. The Bertz CT molecular complexity index is 340. The maximum atomic E-state index is 12.7. The molecule has 2 aliphatic carbocycles. The van der Waals surface area contributed by atoms with Gasteiger partial charge in [-0.15, -0.1) is 0 Å². The van der Waals surface area contributed by atoms with Crippen LogP contribution in [0.5, 0.6) is 0 Å². The van der Waals surface area contributed by atoms with E-state index >= 15 is 0 Å². The van der Waals surface area contributed by atoms with Crippen molar-refractivity contribution in [3.63, 3.8) is 0 Å². The summed E-state index contributed by atoms with van der Waals surface area (Å²) in [7, 11) is 0. The van der Waals surface area contributed by atoms with E-state index < -0.39 is 0 Å². The largest absolute Gasteiger partial charge is 0.340 e. The monoisotopic (exact) mass is 263 g/mol. The van der Waals surface area contributed by atoms with E-state index in [0.717, 1.165) is 30.7 Å². The van der Waals surface area contributed by atoms with Crippen molar-refractivity contribution < 1.29 is 4.79 Å². The van der Waals surface area contributed by atoms with Gasteiger partial charge in [0, 0.05) is 19.0 Å².